The highest BCUT2D eigenvalue weighted by Gasteiger charge is 2.11. The van der Waals surface area contributed by atoms with E-state index in [1.165, 1.54) is 0 Å². The van der Waals surface area contributed by atoms with Crippen LogP contribution in [0, 0.1) is 6.92 Å². The number of hydrogen-bond donors (Lipinski definition) is 1. The van der Waals surface area contributed by atoms with Crippen molar-refractivity contribution in [3.05, 3.63) is 41.7 Å². The molecule has 6 heteroatoms. The zero-order valence-electron chi connectivity index (χ0n) is 12.6. The van der Waals surface area contributed by atoms with E-state index in [1.54, 1.807) is 37.3 Å². The molecule has 1 heterocycles. The van der Waals surface area contributed by atoms with Crippen molar-refractivity contribution in [2.75, 3.05) is 11.9 Å². The third-order valence-corrected chi connectivity index (χ3v) is 2.96. The molecule has 0 aliphatic heterocycles. The van der Waals surface area contributed by atoms with Gasteiger partial charge in [0.15, 0.2) is 11.6 Å². The van der Waals surface area contributed by atoms with Gasteiger partial charge in [0.05, 0.1) is 6.61 Å². The second-order valence-corrected chi connectivity index (χ2v) is 4.75. The quantitative estimate of drug-likeness (QED) is 0.795. The highest BCUT2D eigenvalue weighted by atomic mass is 16.5. The van der Waals surface area contributed by atoms with E-state index >= 15 is 0 Å². The molecule has 1 aromatic carbocycles. The molecule has 0 bridgehead atoms. The van der Waals surface area contributed by atoms with Crippen LogP contribution in [-0.4, -0.2) is 23.5 Å². The molecule has 1 aromatic heterocycles. The van der Waals surface area contributed by atoms with Gasteiger partial charge < -0.3 is 14.6 Å². The Morgan fingerprint density at radius 2 is 1.95 bits per heavy atom. The lowest BCUT2D eigenvalue weighted by atomic mass is 10.1. The standard InChI is InChI=1S/C16H18N2O4/c1-3-21-13-6-4-12(5-7-13)14(19)8-9-16(20)17-15-10-11(2)22-18-15/h4-7,10H,3,8-9H2,1-2H3,(H,17,18,20). The van der Waals surface area contributed by atoms with Crippen LogP contribution in [0.1, 0.15) is 35.9 Å². The fourth-order valence-corrected chi connectivity index (χ4v) is 1.91. The number of carbonyl (C=O) groups is 2. The van der Waals surface area contributed by atoms with E-state index in [0.29, 0.717) is 23.7 Å². The maximum absolute atomic E-state index is 12.0. The van der Waals surface area contributed by atoms with Gasteiger partial charge in [0.25, 0.3) is 0 Å². The van der Waals surface area contributed by atoms with E-state index in [4.69, 9.17) is 9.26 Å². The lowest BCUT2D eigenvalue weighted by Crippen LogP contribution is -2.13. The summed E-state index contributed by atoms with van der Waals surface area (Å²) in [6.45, 7) is 4.21. The molecule has 1 N–H and O–H groups in total. The van der Waals surface area contributed by atoms with Gasteiger partial charge in [-0.05, 0) is 38.1 Å². The molecule has 2 rings (SSSR count). The van der Waals surface area contributed by atoms with E-state index in [9.17, 15) is 9.59 Å². The average molecular weight is 302 g/mol. The molecule has 0 spiro atoms. The Labute approximate surface area is 128 Å². The number of benzene rings is 1. The molecular weight excluding hydrogens is 284 g/mol. The van der Waals surface area contributed by atoms with E-state index in [2.05, 4.69) is 10.5 Å². The van der Waals surface area contributed by atoms with Gasteiger partial charge in [0.1, 0.15) is 11.5 Å². The zero-order chi connectivity index (χ0) is 15.9. The lowest BCUT2D eigenvalue weighted by molar-refractivity contribution is -0.116. The summed E-state index contributed by atoms with van der Waals surface area (Å²) >= 11 is 0. The second-order valence-electron chi connectivity index (χ2n) is 4.75. The minimum Gasteiger partial charge on any atom is -0.494 e. The molecule has 0 atom stereocenters. The first kappa shape index (κ1) is 15.8. The molecule has 0 radical (unpaired) electrons. The number of rotatable bonds is 7. The normalized spacial score (nSPS) is 10.3. The molecule has 0 unspecified atom stereocenters. The highest BCUT2D eigenvalue weighted by Crippen LogP contribution is 2.14. The third kappa shape index (κ3) is 4.44. The number of aryl methyl sites for hydroxylation is 1. The van der Waals surface area contributed by atoms with E-state index in [-0.39, 0.29) is 24.5 Å². The molecule has 0 fully saturated rings. The van der Waals surface area contributed by atoms with Gasteiger partial charge in [-0.3, -0.25) is 9.59 Å². The van der Waals surface area contributed by atoms with Crippen molar-refractivity contribution >= 4 is 17.5 Å². The maximum atomic E-state index is 12.0. The van der Waals surface area contributed by atoms with Gasteiger partial charge in [0.2, 0.25) is 5.91 Å². The summed E-state index contributed by atoms with van der Waals surface area (Å²) < 4.78 is 10.2. The summed E-state index contributed by atoms with van der Waals surface area (Å²) in [5, 5.41) is 6.24. The van der Waals surface area contributed by atoms with Crippen LogP contribution in [0.5, 0.6) is 5.75 Å². The van der Waals surface area contributed by atoms with Gasteiger partial charge in [-0.25, -0.2) is 0 Å². The molecule has 116 valence electrons. The van der Waals surface area contributed by atoms with Crippen molar-refractivity contribution in [1.29, 1.82) is 0 Å². The molecule has 0 aliphatic rings. The monoisotopic (exact) mass is 302 g/mol. The van der Waals surface area contributed by atoms with Gasteiger partial charge >= 0.3 is 0 Å². The number of ketones is 1. The Hall–Kier alpha value is -2.63. The van der Waals surface area contributed by atoms with Crippen molar-refractivity contribution < 1.29 is 18.8 Å². The smallest absolute Gasteiger partial charge is 0.226 e. The molecular formula is C16H18N2O4. The number of Topliss-reactive ketones (excluding diaryl/α,β-unsaturated/α-hetero) is 1. The van der Waals surface area contributed by atoms with Crippen molar-refractivity contribution in [2.24, 2.45) is 0 Å². The van der Waals surface area contributed by atoms with Crippen LogP contribution in [0.3, 0.4) is 0 Å². The molecule has 0 aliphatic carbocycles. The summed E-state index contributed by atoms with van der Waals surface area (Å²) in [6.07, 6.45) is 0.231. The number of carbonyl (C=O) groups excluding carboxylic acids is 2. The summed E-state index contributed by atoms with van der Waals surface area (Å²) in [4.78, 5) is 23.8. The number of aromatic nitrogens is 1. The Balaban J connectivity index is 1.82. The Morgan fingerprint density at radius 3 is 2.55 bits per heavy atom. The fourth-order valence-electron chi connectivity index (χ4n) is 1.91. The van der Waals surface area contributed by atoms with Crippen LogP contribution >= 0.6 is 0 Å². The van der Waals surface area contributed by atoms with Crippen LogP contribution in [0.25, 0.3) is 0 Å². The van der Waals surface area contributed by atoms with Crippen LogP contribution in [-0.2, 0) is 4.79 Å². The number of nitrogens with one attached hydrogen (secondary N) is 1. The largest absolute Gasteiger partial charge is 0.494 e. The van der Waals surface area contributed by atoms with Crippen molar-refractivity contribution in [3.8, 4) is 5.75 Å². The van der Waals surface area contributed by atoms with Crippen LogP contribution in [0.4, 0.5) is 5.82 Å². The van der Waals surface area contributed by atoms with Gasteiger partial charge in [-0.15, -0.1) is 0 Å². The minimum absolute atomic E-state index is 0.0884. The number of nitrogens with zero attached hydrogens (tertiary/aromatic N) is 1. The first-order valence-corrected chi connectivity index (χ1v) is 7.07. The maximum Gasteiger partial charge on any atom is 0.226 e. The number of ether oxygens (including phenoxy) is 1. The second kappa shape index (κ2) is 7.40. The predicted octanol–water partition coefficient (Wildman–Crippen LogP) is 2.98. The van der Waals surface area contributed by atoms with Gasteiger partial charge in [-0.2, -0.15) is 0 Å². The Bertz CT molecular complexity index is 646. The van der Waals surface area contributed by atoms with E-state index in [1.807, 2.05) is 6.92 Å². The van der Waals surface area contributed by atoms with E-state index < -0.39 is 0 Å². The molecule has 0 saturated heterocycles. The third-order valence-electron chi connectivity index (χ3n) is 2.96. The van der Waals surface area contributed by atoms with Crippen molar-refractivity contribution in [3.63, 3.8) is 0 Å². The first-order valence-electron chi connectivity index (χ1n) is 7.07. The van der Waals surface area contributed by atoms with Gasteiger partial charge in [0, 0.05) is 24.5 Å². The highest BCUT2D eigenvalue weighted by molar-refractivity contribution is 5.99. The summed E-state index contributed by atoms with van der Waals surface area (Å²) in [5.74, 6) is 1.33. The number of amides is 1. The zero-order valence-corrected chi connectivity index (χ0v) is 12.6. The summed E-state index contributed by atoms with van der Waals surface area (Å²) in [7, 11) is 0. The fraction of sp³-hybridized carbons (Fsp3) is 0.312. The van der Waals surface area contributed by atoms with Crippen LogP contribution in [0.15, 0.2) is 34.9 Å². The van der Waals surface area contributed by atoms with Crippen LogP contribution in [0.2, 0.25) is 0 Å². The topological polar surface area (TPSA) is 81.4 Å². The molecule has 6 nitrogen and oxygen atoms in total. The Morgan fingerprint density at radius 1 is 1.23 bits per heavy atom. The molecule has 2 aromatic rings. The summed E-state index contributed by atoms with van der Waals surface area (Å²) in [5.41, 5.74) is 0.563. The van der Waals surface area contributed by atoms with Gasteiger partial charge in [-0.1, -0.05) is 5.16 Å². The summed E-state index contributed by atoms with van der Waals surface area (Å²) in [6, 6.07) is 8.51. The van der Waals surface area contributed by atoms with Crippen molar-refractivity contribution in [1.82, 2.24) is 5.16 Å². The predicted molar refractivity (Wildman–Crippen MR) is 81.0 cm³/mol. The molecule has 0 saturated carbocycles. The lowest BCUT2D eigenvalue weighted by Gasteiger charge is -2.04. The number of hydrogen-bond acceptors (Lipinski definition) is 5. The van der Waals surface area contributed by atoms with Crippen LogP contribution < -0.4 is 10.1 Å². The first-order chi connectivity index (χ1) is 10.6. The number of anilines is 1. The molecule has 1 amide bonds. The van der Waals surface area contributed by atoms with Crippen molar-refractivity contribution in [2.45, 2.75) is 26.7 Å². The average Bonchev–Trinajstić information content (AvgIpc) is 2.91. The SMILES string of the molecule is CCOc1ccc(C(=O)CCC(=O)Nc2cc(C)on2)cc1. The van der Waals surface area contributed by atoms with E-state index in [0.717, 1.165) is 5.75 Å². The Kier molecular flexibility index (Phi) is 5.30. The minimum atomic E-state index is -0.271. The molecule has 22 heavy (non-hydrogen) atoms.